The van der Waals surface area contributed by atoms with Crippen LogP contribution in [0.25, 0.3) is 0 Å². The van der Waals surface area contributed by atoms with E-state index < -0.39 is 6.04 Å². The predicted octanol–water partition coefficient (Wildman–Crippen LogP) is 4.13. The van der Waals surface area contributed by atoms with Crippen LogP contribution < -0.4 is 5.32 Å². The Morgan fingerprint density at radius 2 is 1.59 bits per heavy atom. The minimum atomic E-state index is -0.597. The minimum Gasteiger partial charge on any atom is -0.352 e. The van der Waals surface area contributed by atoms with Gasteiger partial charge in [-0.3, -0.25) is 9.59 Å². The summed E-state index contributed by atoms with van der Waals surface area (Å²) in [6, 6.07) is 14.6. The smallest absolute Gasteiger partial charge is 0.242 e. The molecule has 0 saturated carbocycles. The topological polar surface area (TPSA) is 49.4 Å². The summed E-state index contributed by atoms with van der Waals surface area (Å²) in [4.78, 5) is 27.3. The average molecular weight is 387 g/mol. The van der Waals surface area contributed by atoms with E-state index in [-0.39, 0.29) is 30.8 Å². The van der Waals surface area contributed by atoms with Crippen molar-refractivity contribution in [3.63, 3.8) is 0 Å². The third-order valence-electron chi connectivity index (χ3n) is 4.50. The molecule has 0 aliphatic rings. The molecule has 2 aromatic carbocycles. The molecule has 0 bridgehead atoms. The molecule has 144 valence electrons. The number of rotatable bonds is 7. The van der Waals surface area contributed by atoms with Crippen molar-refractivity contribution in [2.24, 2.45) is 0 Å². The third kappa shape index (κ3) is 5.83. The standard InChI is InChI=1S/C22H27ClN2O2/c1-15(2)24-22(27)17(4)25(14-19-11-7-8-12-20(19)23)21(26)13-18-10-6-5-9-16(18)3/h5-12,15,17H,13-14H2,1-4H3,(H,24,27)/t17-/m1/s1. The van der Waals surface area contributed by atoms with Crippen LogP contribution in [-0.2, 0) is 22.6 Å². The van der Waals surface area contributed by atoms with Gasteiger partial charge in [-0.15, -0.1) is 0 Å². The maximum absolute atomic E-state index is 13.1. The molecule has 2 rings (SSSR count). The van der Waals surface area contributed by atoms with E-state index in [2.05, 4.69) is 5.32 Å². The molecule has 4 nitrogen and oxygen atoms in total. The first-order chi connectivity index (χ1) is 12.8. The molecular formula is C22H27ClN2O2. The van der Waals surface area contributed by atoms with Gasteiger partial charge in [0.2, 0.25) is 11.8 Å². The zero-order valence-corrected chi connectivity index (χ0v) is 17.1. The lowest BCUT2D eigenvalue weighted by Crippen LogP contribution is -2.49. The van der Waals surface area contributed by atoms with E-state index in [1.165, 1.54) is 0 Å². The van der Waals surface area contributed by atoms with Gasteiger partial charge >= 0.3 is 0 Å². The summed E-state index contributed by atoms with van der Waals surface area (Å²) >= 11 is 6.29. The number of nitrogens with one attached hydrogen (secondary N) is 1. The zero-order valence-electron chi connectivity index (χ0n) is 16.3. The van der Waals surface area contributed by atoms with E-state index >= 15 is 0 Å². The number of benzene rings is 2. The molecule has 0 aliphatic carbocycles. The largest absolute Gasteiger partial charge is 0.352 e. The van der Waals surface area contributed by atoms with Crippen LogP contribution in [0.3, 0.4) is 0 Å². The van der Waals surface area contributed by atoms with E-state index in [1.54, 1.807) is 17.9 Å². The van der Waals surface area contributed by atoms with E-state index in [9.17, 15) is 9.59 Å². The Bertz CT molecular complexity index is 804. The summed E-state index contributed by atoms with van der Waals surface area (Å²) in [5.74, 6) is -0.272. The lowest BCUT2D eigenvalue weighted by atomic mass is 10.0. The van der Waals surface area contributed by atoms with Crippen LogP contribution in [0.2, 0.25) is 5.02 Å². The van der Waals surface area contributed by atoms with Crippen molar-refractivity contribution >= 4 is 23.4 Å². The highest BCUT2D eigenvalue weighted by Gasteiger charge is 2.27. The number of aryl methyl sites for hydroxylation is 1. The van der Waals surface area contributed by atoms with E-state index in [4.69, 9.17) is 11.6 Å². The van der Waals surface area contributed by atoms with Crippen LogP contribution in [0.15, 0.2) is 48.5 Å². The molecule has 0 aromatic heterocycles. The van der Waals surface area contributed by atoms with Crippen LogP contribution in [0.5, 0.6) is 0 Å². The van der Waals surface area contributed by atoms with E-state index in [0.717, 1.165) is 16.7 Å². The van der Waals surface area contributed by atoms with Crippen LogP contribution in [-0.4, -0.2) is 28.8 Å². The molecule has 0 unspecified atom stereocenters. The summed E-state index contributed by atoms with van der Waals surface area (Å²) in [7, 11) is 0. The van der Waals surface area contributed by atoms with Crippen molar-refractivity contribution in [2.75, 3.05) is 0 Å². The number of halogens is 1. The van der Waals surface area contributed by atoms with Crippen molar-refractivity contribution in [1.82, 2.24) is 10.2 Å². The minimum absolute atomic E-state index is 0.00795. The van der Waals surface area contributed by atoms with Gasteiger partial charge in [0.05, 0.1) is 6.42 Å². The van der Waals surface area contributed by atoms with E-state index in [1.807, 2.05) is 63.2 Å². The highest BCUT2D eigenvalue weighted by Crippen LogP contribution is 2.20. The highest BCUT2D eigenvalue weighted by atomic mass is 35.5. The Morgan fingerprint density at radius 1 is 1.00 bits per heavy atom. The fourth-order valence-corrected chi connectivity index (χ4v) is 3.07. The first-order valence-corrected chi connectivity index (χ1v) is 9.55. The van der Waals surface area contributed by atoms with Gasteiger partial charge in [-0.05, 0) is 50.5 Å². The van der Waals surface area contributed by atoms with Gasteiger partial charge in [0, 0.05) is 17.6 Å². The Kier molecular flexibility index (Phi) is 7.43. The lowest BCUT2D eigenvalue weighted by Gasteiger charge is -2.30. The monoisotopic (exact) mass is 386 g/mol. The zero-order chi connectivity index (χ0) is 20.0. The number of amides is 2. The number of carbonyl (C=O) groups excluding carboxylic acids is 2. The van der Waals surface area contributed by atoms with Crippen molar-refractivity contribution in [3.8, 4) is 0 Å². The van der Waals surface area contributed by atoms with E-state index in [0.29, 0.717) is 5.02 Å². The maximum Gasteiger partial charge on any atom is 0.242 e. The summed E-state index contributed by atoms with van der Waals surface area (Å²) < 4.78 is 0. The van der Waals surface area contributed by atoms with Gasteiger partial charge in [0.15, 0.2) is 0 Å². The molecule has 0 heterocycles. The maximum atomic E-state index is 13.1. The fraction of sp³-hybridized carbons (Fsp3) is 0.364. The number of nitrogens with zero attached hydrogens (tertiary/aromatic N) is 1. The first-order valence-electron chi connectivity index (χ1n) is 9.17. The number of hydrogen-bond donors (Lipinski definition) is 1. The van der Waals surface area contributed by atoms with Gasteiger partial charge in [-0.1, -0.05) is 54.1 Å². The highest BCUT2D eigenvalue weighted by molar-refractivity contribution is 6.31. The second-order valence-corrected chi connectivity index (χ2v) is 7.46. The fourth-order valence-electron chi connectivity index (χ4n) is 2.87. The Hall–Kier alpha value is -2.33. The van der Waals surface area contributed by atoms with Gasteiger partial charge < -0.3 is 10.2 Å². The Balaban J connectivity index is 2.27. The Morgan fingerprint density at radius 3 is 2.19 bits per heavy atom. The number of carbonyl (C=O) groups is 2. The van der Waals surface area contributed by atoms with Gasteiger partial charge in [0.25, 0.3) is 0 Å². The van der Waals surface area contributed by atoms with Crippen LogP contribution in [0, 0.1) is 6.92 Å². The molecule has 1 N–H and O–H groups in total. The molecular weight excluding hydrogens is 360 g/mol. The molecule has 1 atom stereocenters. The molecule has 5 heteroatoms. The van der Waals surface area contributed by atoms with Gasteiger partial charge in [0.1, 0.15) is 6.04 Å². The second-order valence-electron chi connectivity index (χ2n) is 7.06. The average Bonchev–Trinajstić information content (AvgIpc) is 2.61. The molecule has 0 saturated heterocycles. The quantitative estimate of drug-likeness (QED) is 0.777. The van der Waals surface area contributed by atoms with Gasteiger partial charge in [-0.2, -0.15) is 0 Å². The van der Waals surface area contributed by atoms with Crippen molar-refractivity contribution in [3.05, 3.63) is 70.2 Å². The molecule has 0 radical (unpaired) electrons. The molecule has 27 heavy (non-hydrogen) atoms. The van der Waals surface area contributed by atoms with Gasteiger partial charge in [-0.25, -0.2) is 0 Å². The molecule has 0 spiro atoms. The first kappa shape index (κ1) is 21.0. The molecule has 2 amide bonds. The Labute approximate surface area is 166 Å². The summed E-state index contributed by atoms with van der Waals surface area (Å²) in [5, 5.41) is 3.47. The van der Waals surface area contributed by atoms with Crippen LogP contribution in [0.4, 0.5) is 0 Å². The number of hydrogen-bond acceptors (Lipinski definition) is 2. The van der Waals surface area contributed by atoms with Crippen LogP contribution >= 0.6 is 11.6 Å². The SMILES string of the molecule is Cc1ccccc1CC(=O)N(Cc1ccccc1Cl)[C@H](C)C(=O)NC(C)C. The van der Waals surface area contributed by atoms with Crippen molar-refractivity contribution < 1.29 is 9.59 Å². The second kappa shape index (κ2) is 9.56. The molecule has 0 fully saturated rings. The summed E-state index contributed by atoms with van der Waals surface area (Å²) in [6.07, 6.45) is 0.246. The lowest BCUT2D eigenvalue weighted by molar-refractivity contribution is -0.140. The summed E-state index contributed by atoms with van der Waals surface area (Å²) in [5.41, 5.74) is 2.84. The molecule has 0 aliphatic heterocycles. The van der Waals surface area contributed by atoms with Crippen molar-refractivity contribution in [2.45, 2.75) is 52.7 Å². The summed E-state index contributed by atoms with van der Waals surface area (Å²) in [6.45, 7) is 7.83. The third-order valence-corrected chi connectivity index (χ3v) is 4.87. The molecule has 2 aromatic rings. The normalized spacial score (nSPS) is 11.9. The van der Waals surface area contributed by atoms with Crippen LogP contribution in [0.1, 0.15) is 37.5 Å². The van der Waals surface area contributed by atoms with Crippen molar-refractivity contribution in [1.29, 1.82) is 0 Å². The predicted molar refractivity (Wildman–Crippen MR) is 110 cm³/mol.